The minimum Gasteiger partial charge on any atom is -0.461 e. The second kappa shape index (κ2) is 4.73. The first-order valence-corrected chi connectivity index (χ1v) is 5.06. The Hall–Kier alpha value is -2.24. The van der Waals surface area contributed by atoms with Crippen LogP contribution in [0.4, 0.5) is 4.39 Å². The van der Waals surface area contributed by atoms with Gasteiger partial charge in [0, 0.05) is 0 Å². The summed E-state index contributed by atoms with van der Waals surface area (Å²) in [5.41, 5.74) is 0.587. The molecule has 6 heteroatoms. The van der Waals surface area contributed by atoms with E-state index in [4.69, 9.17) is 4.74 Å². The van der Waals surface area contributed by atoms with Crippen molar-refractivity contribution in [3.05, 3.63) is 42.0 Å². The monoisotopic (exact) mass is 235 g/mol. The molecule has 0 spiro atoms. The molecule has 0 atom stereocenters. The van der Waals surface area contributed by atoms with Crippen LogP contribution in [-0.4, -0.2) is 27.6 Å². The highest BCUT2D eigenvalue weighted by atomic mass is 19.1. The lowest BCUT2D eigenvalue weighted by Gasteiger charge is -1.98. The average Bonchev–Trinajstić information content (AvgIpc) is 2.78. The molecule has 0 amide bonds. The number of esters is 1. The molecule has 1 heterocycles. The van der Waals surface area contributed by atoms with Crippen molar-refractivity contribution in [2.24, 2.45) is 0 Å². The number of aromatic nitrogens is 3. The number of rotatable bonds is 3. The highest BCUT2D eigenvalue weighted by Gasteiger charge is 2.12. The van der Waals surface area contributed by atoms with Gasteiger partial charge in [-0.2, -0.15) is 0 Å². The molecule has 2 aromatic rings. The zero-order valence-corrected chi connectivity index (χ0v) is 9.13. The van der Waals surface area contributed by atoms with Gasteiger partial charge in [-0.25, -0.2) is 13.9 Å². The van der Waals surface area contributed by atoms with Crippen LogP contribution in [0.25, 0.3) is 5.69 Å². The molecule has 0 aliphatic heterocycles. The standard InChI is InChI=1S/C11H10FN3O2/c1-2-17-11(16)10-7-15(14-13-10)9-5-3-4-8(12)6-9/h3-7H,2H2,1H3. The Morgan fingerprint density at radius 2 is 2.35 bits per heavy atom. The fraction of sp³-hybridized carbons (Fsp3) is 0.182. The van der Waals surface area contributed by atoms with Gasteiger partial charge in [0.2, 0.25) is 0 Å². The molecule has 1 aromatic heterocycles. The number of benzene rings is 1. The van der Waals surface area contributed by atoms with Crippen LogP contribution in [0.3, 0.4) is 0 Å². The summed E-state index contributed by atoms with van der Waals surface area (Å²) in [6.45, 7) is 1.97. The van der Waals surface area contributed by atoms with Gasteiger partial charge < -0.3 is 4.74 Å². The number of carbonyl (C=O) groups is 1. The number of nitrogens with zero attached hydrogens (tertiary/aromatic N) is 3. The molecule has 0 fully saturated rings. The minimum atomic E-state index is -0.546. The van der Waals surface area contributed by atoms with Crippen molar-refractivity contribution >= 4 is 5.97 Å². The molecule has 5 nitrogen and oxygen atoms in total. The van der Waals surface area contributed by atoms with Crippen LogP contribution in [-0.2, 0) is 4.74 Å². The van der Waals surface area contributed by atoms with Crippen LogP contribution in [0.5, 0.6) is 0 Å². The van der Waals surface area contributed by atoms with E-state index in [-0.39, 0.29) is 18.1 Å². The van der Waals surface area contributed by atoms with E-state index in [0.717, 1.165) is 0 Å². The van der Waals surface area contributed by atoms with Crippen LogP contribution in [0.15, 0.2) is 30.5 Å². The normalized spacial score (nSPS) is 10.2. The molecule has 17 heavy (non-hydrogen) atoms. The van der Waals surface area contributed by atoms with Crippen LogP contribution < -0.4 is 0 Å². The first kappa shape index (κ1) is 11.3. The Morgan fingerprint density at radius 1 is 1.53 bits per heavy atom. The summed E-state index contributed by atoms with van der Waals surface area (Å²) in [6, 6.07) is 5.83. The van der Waals surface area contributed by atoms with Crippen molar-refractivity contribution in [2.45, 2.75) is 6.92 Å². The first-order chi connectivity index (χ1) is 8.20. The van der Waals surface area contributed by atoms with E-state index in [9.17, 15) is 9.18 Å². The van der Waals surface area contributed by atoms with Gasteiger partial charge in [-0.05, 0) is 25.1 Å². The predicted molar refractivity (Wildman–Crippen MR) is 57.3 cm³/mol. The second-order valence-corrected chi connectivity index (χ2v) is 3.25. The van der Waals surface area contributed by atoms with Crippen molar-refractivity contribution in [3.8, 4) is 5.69 Å². The Labute approximate surface area is 96.8 Å². The minimum absolute atomic E-state index is 0.0936. The zero-order valence-electron chi connectivity index (χ0n) is 9.13. The van der Waals surface area contributed by atoms with E-state index in [1.54, 1.807) is 19.1 Å². The largest absolute Gasteiger partial charge is 0.461 e. The van der Waals surface area contributed by atoms with E-state index in [1.807, 2.05) is 0 Å². The highest BCUT2D eigenvalue weighted by Crippen LogP contribution is 2.09. The van der Waals surface area contributed by atoms with Crippen molar-refractivity contribution in [1.29, 1.82) is 0 Å². The van der Waals surface area contributed by atoms with Crippen molar-refractivity contribution in [3.63, 3.8) is 0 Å². The molecule has 2 rings (SSSR count). The van der Waals surface area contributed by atoms with E-state index in [0.29, 0.717) is 5.69 Å². The van der Waals surface area contributed by atoms with Crippen LogP contribution in [0.1, 0.15) is 17.4 Å². The SMILES string of the molecule is CCOC(=O)c1cn(-c2cccc(F)c2)nn1. The van der Waals surface area contributed by atoms with Gasteiger partial charge >= 0.3 is 5.97 Å². The zero-order chi connectivity index (χ0) is 12.3. The molecule has 1 aromatic carbocycles. The third kappa shape index (κ3) is 2.47. The smallest absolute Gasteiger partial charge is 0.360 e. The molecule has 0 bridgehead atoms. The highest BCUT2D eigenvalue weighted by molar-refractivity contribution is 5.86. The summed E-state index contributed by atoms with van der Waals surface area (Å²) < 4.78 is 19.1. The van der Waals surface area contributed by atoms with Crippen LogP contribution >= 0.6 is 0 Å². The van der Waals surface area contributed by atoms with Crippen molar-refractivity contribution in [1.82, 2.24) is 15.0 Å². The van der Waals surface area contributed by atoms with Crippen LogP contribution in [0.2, 0.25) is 0 Å². The second-order valence-electron chi connectivity index (χ2n) is 3.25. The molecule has 0 saturated carbocycles. The lowest BCUT2D eigenvalue weighted by atomic mass is 10.3. The Bertz CT molecular complexity index is 539. The molecule has 0 unspecified atom stereocenters. The van der Waals surface area contributed by atoms with Crippen molar-refractivity contribution < 1.29 is 13.9 Å². The molecule has 88 valence electrons. The Balaban J connectivity index is 2.27. The summed E-state index contributed by atoms with van der Waals surface area (Å²) in [7, 11) is 0. The van der Waals surface area contributed by atoms with E-state index < -0.39 is 5.97 Å². The fourth-order valence-electron chi connectivity index (χ4n) is 1.31. The van der Waals surface area contributed by atoms with Gasteiger partial charge in [0.05, 0.1) is 18.5 Å². The average molecular weight is 235 g/mol. The lowest BCUT2D eigenvalue weighted by molar-refractivity contribution is 0.0519. The van der Waals surface area contributed by atoms with Gasteiger partial charge in [0.1, 0.15) is 5.82 Å². The number of hydrogen-bond acceptors (Lipinski definition) is 4. The quantitative estimate of drug-likeness (QED) is 0.758. The molecule has 0 N–H and O–H groups in total. The summed E-state index contributed by atoms with van der Waals surface area (Å²) in [5, 5.41) is 7.39. The third-order valence-electron chi connectivity index (χ3n) is 2.05. The molecular weight excluding hydrogens is 225 g/mol. The summed E-state index contributed by atoms with van der Waals surface area (Å²) in [4.78, 5) is 11.3. The van der Waals surface area contributed by atoms with Crippen LogP contribution in [0, 0.1) is 5.82 Å². The number of hydrogen-bond donors (Lipinski definition) is 0. The van der Waals surface area contributed by atoms with Crippen molar-refractivity contribution in [2.75, 3.05) is 6.61 Å². The molecule has 0 aliphatic rings. The van der Waals surface area contributed by atoms with E-state index in [2.05, 4.69) is 10.3 Å². The Morgan fingerprint density at radius 3 is 3.06 bits per heavy atom. The summed E-state index contributed by atoms with van der Waals surface area (Å²) in [6.07, 6.45) is 1.40. The lowest BCUT2D eigenvalue weighted by Crippen LogP contribution is -2.04. The maximum Gasteiger partial charge on any atom is 0.360 e. The fourth-order valence-corrected chi connectivity index (χ4v) is 1.31. The molecule has 0 aliphatic carbocycles. The summed E-state index contributed by atoms with van der Waals surface area (Å²) in [5.74, 6) is -0.925. The number of halogens is 1. The molecule has 0 saturated heterocycles. The van der Waals surface area contributed by atoms with E-state index in [1.165, 1.54) is 23.0 Å². The molecule has 0 radical (unpaired) electrons. The maximum absolute atomic E-state index is 13.0. The van der Waals surface area contributed by atoms with Gasteiger partial charge in [0.15, 0.2) is 5.69 Å². The predicted octanol–water partition coefficient (Wildman–Crippen LogP) is 1.58. The van der Waals surface area contributed by atoms with E-state index >= 15 is 0 Å². The van der Waals surface area contributed by atoms with Gasteiger partial charge in [-0.3, -0.25) is 0 Å². The molecular formula is C11H10FN3O2. The number of carbonyl (C=O) groups excluding carboxylic acids is 1. The van der Waals surface area contributed by atoms with Gasteiger partial charge in [0.25, 0.3) is 0 Å². The van der Waals surface area contributed by atoms with Gasteiger partial charge in [-0.1, -0.05) is 11.3 Å². The topological polar surface area (TPSA) is 57.0 Å². The first-order valence-electron chi connectivity index (χ1n) is 5.06. The maximum atomic E-state index is 13.0. The number of ether oxygens (including phenoxy) is 1. The third-order valence-corrected chi connectivity index (χ3v) is 2.05. The summed E-state index contributed by atoms with van der Waals surface area (Å²) >= 11 is 0. The Kier molecular flexibility index (Phi) is 3.13. The van der Waals surface area contributed by atoms with Gasteiger partial charge in [-0.15, -0.1) is 5.10 Å².